The van der Waals surface area contributed by atoms with E-state index >= 15 is 0 Å². The van der Waals surface area contributed by atoms with Gasteiger partial charge in [-0.25, -0.2) is 0 Å². The Morgan fingerprint density at radius 1 is 1.06 bits per heavy atom. The van der Waals surface area contributed by atoms with E-state index in [0.29, 0.717) is 12.1 Å². The first-order valence-corrected chi connectivity index (χ1v) is 12.8. The number of aryl methyl sites for hydroxylation is 1. The number of nitrogens with one attached hydrogen (secondary N) is 1. The SMILES string of the molecule is CN1CCN(c2ccccc2CN2CCNC(CN(C)C3CCCc4cccnc43)C2)CC1. The monoisotopic (exact) mass is 448 g/mol. The van der Waals surface area contributed by atoms with E-state index in [4.69, 9.17) is 4.98 Å². The highest BCUT2D eigenvalue weighted by Crippen LogP contribution is 2.32. The summed E-state index contributed by atoms with van der Waals surface area (Å²) in [6, 6.07) is 14.4. The Bertz CT molecular complexity index is 909. The van der Waals surface area contributed by atoms with Crippen molar-refractivity contribution in [3.63, 3.8) is 0 Å². The first kappa shape index (κ1) is 22.8. The van der Waals surface area contributed by atoms with Gasteiger partial charge in [0.25, 0.3) is 0 Å². The molecule has 0 bridgehead atoms. The number of aromatic nitrogens is 1. The Morgan fingerprint density at radius 2 is 1.91 bits per heavy atom. The quantitative estimate of drug-likeness (QED) is 0.732. The average molecular weight is 449 g/mol. The Labute approximate surface area is 199 Å². The van der Waals surface area contributed by atoms with Crippen molar-refractivity contribution in [1.29, 1.82) is 0 Å². The van der Waals surface area contributed by atoms with Gasteiger partial charge in [-0.1, -0.05) is 24.3 Å². The predicted molar refractivity (Wildman–Crippen MR) is 136 cm³/mol. The molecule has 1 aromatic carbocycles. The fourth-order valence-electron chi connectivity index (χ4n) is 5.89. The van der Waals surface area contributed by atoms with Gasteiger partial charge in [0.2, 0.25) is 0 Å². The molecular formula is C27H40N6. The third kappa shape index (κ3) is 5.40. The fourth-order valence-corrected chi connectivity index (χ4v) is 5.89. The van der Waals surface area contributed by atoms with E-state index < -0.39 is 0 Å². The fraction of sp³-hybridized carbons (Fsp3) is 0.593. The molecule has 2 fully saturated rings. The smallest absolute Gasteiger partial charge is 0.0607 e. The highest BCUT2D eigenvalue weighted by atomic mass is 15.3. The maximum Gasteiger partial charge on any atom is 0.0607 e. The molecule has 2 aromatic rings. The molecule has 3 heterocycles. The van der Waals surface area contributed by atoms with E-state index in [0.717, 1.165) is 58.9 Å². The van der Waals surface area contributed by atoms with Crippen molar-refractivity contribution in [1.82, 2.24) is 25.0 Å². The molecule has 0 spiro atoms. The van der Waals surface area contributed by atoms with Crippen LogP contribution in [0.1, 0.15) is 35.7 Å². The minimum atomic E-state index is 0.449. The van der Waals surface area contributed by atoms with Gasteiger partial charge >= 0.3 is 0 Å². The number of para-hydroxylation sites is 1. The predicted octanol–water partition coefficient (Wildman–Crippen LogP) is 2.62. The molecule has 2 saturated heterocycles. The molecule has 5 rings (SSSR count). The van der Waals surface area contributed by atoms with Crippen LogP contribution >= 0.6 is 0 Å². The summed E-state index contributed by atoms with van der Waals surface area (Å²) in [6.45, 7) is 9.93. The molecule has 0 radical (unpaired) electrons. The average Bonchev–Trinajstić information content (AvgIpc) is 2.85. The third-order valence-electron chi connectivity index (χ3n) is 7.77. The van der Waals surface area contributed by atoms with Crippen molar-refractivity contribution in [2.45, 2.75) is 37.9 Å². The molecule has 6 heteroatoms. The molecule has 2 aliphatic heterocycles. The highest BCUT2D eigenvalue weighted by Gasteiger charge is 2.28. The van der Waals surface area contributed by atoms with Gasteiger partial charge in [-0.05, 0) is 56.6 Å². The number of anilines is 1. The molecule has 1 N–H and O–H groups in total. The van der Waals surface area contributed by atoms with Gasteiger partial charge in [-0.3, -0.25) is 14.8 Å². The lowest BCUT2D eigenvalue weighted by Gasteiger charge is -2.39. The van der Waals surface area contributed by atoms with E-state index in [9.17, 15) is 0 Å². The van der Waals surface area contributed by atoms with Crippen molar-refractivity contribution in [2.24, 2.45) is 0 Å². The lowest BCUT2D eigenvalue weighted by molar-refractivity contribution is 0.138. The number of benzene rings is 1. The number of hydrogen-bond donors (Lipinski definition) is 1. The van der Waals surface area contributed by atoms with Crippen LogP contribution in [-0.2, 0) is 13.0 Å². The van der Waals surface area contributed by atoms with Crippen molar-refractivity contribution in [2.75, 3.05) is 71.4 Å². The van der Waals surface area contributed by atoms with Gasteiger partial charge in [0.05, 0.1) is 11.7 Å². The molecule has 178 valence electrons. The zero-order valence-electron chi connectivity index (χ0n) is 20.4. The molecule has 3 aliphatic rings. The molecule has 33 heavy (non-hydrogen) atoms. The summed E-state index contributed by atoms with van der Waals surface area (Å²) in [6.07, 6.45) is 5.62. The first-order chi connectivity index (χ1) is 16.2. The van der Waals surface area contributed by atoms with Crippen LogP contribution < -0.4 is 10.2 Å². The summed E-state index contributed by atoms with van der Waals surface area (Å²) in [5.41, 5.74) is 5.66. The number of fused-ring (bicyclic) bond motifs is 1. The van der Waals surface area contributed by atoms with E-state index in [1.807, 2.05) is 6.20 Å². The minimum Gasteiger partial charge on any atom is -0.369 e. The Balaban J connectivity index is 1.21. The minimum absolute atomic E-state index is 0.449. The topological polar surface area (TPSA) is 37.9 Å². The van der Waals surface area contributed by atoms with Crippen LogP contribution in [0, 0.1) is 0 Å². The summed E-state index contributed by atoms with van der Waals surface area (Å²) in [5.74, 6) is 0. The Morgan fingerprint density at radius 3 is 2.79 bits per heavy atom. The number of piperazine rings is 2. The Hall–Kier alpha value is -1.99. The summed E-state index contributed by atoms with van der Waals surface area (Å²) >= 11 is 0. The summed E-state index contributed by atoms with van der Waals surface area (Å²) in [7, 11) is 4.51. The van der Waals surface area contributed by atoms with Gasteiger partial charge in [-0.2, -0.15) is 0 Å². The normalized spacial score (nSPS) is 24.8. The lowest BCUT2D eigenvalue weighted by atomic mass is 9.91. The van der Waals surface area contributed by atoms with Crippen LogP contribution in [0.25, 0.3) is 0 Å². The second kappa shape index (κ2) is 10.5. The number of pyridine rings is 1. The zero-order valence-corrected chi connectivity index (χ0v) is 20.4. The molecule has 1 aromatic heterocycles. The van der Waals surface area contributed by atoms with Crippen LogP contribution in [0.3, 0.4) is 0 Å². The van der Waals surface area contributed by atoms with Crippen LogP contribution in [0.4, 0.5) is 5.69 Å². The number of likely N-dealkylation sites (N-methyl/N-ethyl adjacent to an activating group) is 2. The standard InChI is InChI=1S/C27H40N6/c1-30-15-17-33(18-16-30)25-10-4-3-7-23(25)19-32-14-13-28-24(21-32)20-31(2)26-11-5-8-22-9-6-12-29-27(22)26/h3-4,6-7,9-10,12,24,26,28H,5,8,11,13-21H2,1-2H3. The molecule has 0 amide bonds. The van der Waals surface area contributed by atoms with E-state index in [2.05, 4.69) is 75.4 Å². The van der Waals surface area contributed by atoms with E-state index in [-0.39, 0.29) is 0 Å². The second-order valence-corrected chi connectivity index (χ2v) is 10.2. The van der Waals surface area contributed by atoms with Crippen LogP contribution in [-0.4, -0.2) is 92.2 Å². The second-order valence-electron chi connectivity index (χ2n) is 10.2. The van der Waals surface area contributed by atoms with Gasteiger partial charge in [0, 0.05) is 76.8 Å². The van der Waals surface area contributed by atoms with Crippen molar-refractivity contribution in [3.05, 3.63) is 59.4 Å². The molecule has 1 aliphatic carbocycles. The van der Waals surface area contributed by atoms with Gasteiger partial charge < -0.3 is 15.1 Å². The van der Waals surface area contributed by atoms with Gasteiger partial charge in [0.15, 0.2) is 0 Å². The van der Waals surface area contributed by atoms with E-state index in [1.54, 1.807) is 0 Å². The molecule has 2 atom stereocenters. The van der Waals surface area contributed by atoms with Crippen molar-refractivity contribution in [3.8, 4) is 0 Å². The third-order valence-corrected chi connectivity index (χ3v) is 7.77. The van der Waals surface area contributed by atoms with Gasteiger partial charge in [-0.15, -0.1) is 0 Å². The maximum absolute atomic E-state index is 4.76. The maximum atomic E-state index is 4.76. The first-order valence-electron chi connectivity index (χ1n) is 12.8. The number of rotatable bonds is 6. The molecule has 6 nitrogen and oxygen atoms in total. The summed E-state index contributed by atoms with van der Waals surface area (Å²) in [4.78, 5) is 15.0. The summed E-state index contributed by atoms with van der Waals surface area (Å²) in [5, 5.41) is 3.79. The Kier molecular flexibility index (Phi) is 7.26. The van der Waals surface area contributed by atoms with Gasteiger partial charge in [0.1, 0.15) is 0 Å². The molecule has 0 saturated carbocycles. The van der Waals surface area contributed by atoms with Crippen LogP contribution in [0.2, 0.25) is 0 Å². The van der Waals surface area contributed by atoms with Crippen LogP contribution in [0.5, 0.6) is 0 Å². The van der Waals surface area contributed by atoms with Crippen LogP contribution in [0.15, 0.2) is 42.6 Å². The van der Waals surface area contributed by atoms with E-state index in [1.165, 1.54) is 41.8 Å². The zero-order chi connectivity index (χ0) is 22.6. The number of nitrogens with zero attached hydrogens (tertiary/aromatic N) is 5. The largest absolute Gasteiger partial charge is 0.369 e. The molecular weight excluding hydrogens is 408 g/mol. The lowest BCUT2D eigenvalue weighted by Crippen LogP contribution is -2.54. The van der Waals surface area contributed by atoms with Crippen molar-refractivity contribution < 1.29 is 0 Å². The highest BCUT2D eigenvalue weighted by molar-refractivity contribution is 5.54. The summed E-state index contributed by atoms with van der Waals surface area (Å²) < 4.78 is 0. The molecule has 2 unspecified atom stereocenters. The van der Waals surface area contributed by atoms with Crippen molar-refractivity contribution >= 4 is 5.69 Å². The number of hydrogen-bond acceptors (Lipinski definition) is 6.